The largest absolute Gasteiger partial charge is 0.352 e. The molecular weight excluding hydrogens is 490 g/mol. The smallest absolute Gasteiger partial charge is 0.259 e. The molecule has 2 aliphatic rings. The normalized spacial score (nSPS) is 16.9. The fourth-order valence-electron chi connectivity index (χ4n) is 5.21. The second-order valence-corrected chi connectivity index (χ2v) is 12.0. The van der Waals surface area contributed by atoms with Crippen LogP contribution in [0.25, 0.3) is 0 Å². The van der Waals surface area contributed by atoms with E-state index in [1.807, 2.05) is 47.4 Å². The predicted molar refractivity (Wildman–Crippen MR) is 155 cm³/mol. The minimum absolute atomic E-state index is 0.0468. The Balaban J connectivity index is 1.35. The fraction of sp³-hybridized carbons (Fsp3) is 0.375. The van der Waals surface area contributed by atoms with Gasteiger partial charge in [-0.2, -0.15) is 0 Å². The van der Waals surface area contributed by atoms with Crippen LogP contribution in [0.4, 0.5) is 5.69 Å². The monoisotopic (exact) mass is 527 g/mol. The minimum Gasteiger partial charge on any atom is -0.352 e. The van der Waals surface area contributed by atoms with Gasteiger partial charge in [-0.25, -0.2) is 0 Å². The number of likely N-dealkylation sites (tertiary alicyclic amines) is 1. The number of piperidine rings is 1. The van der Waals surface area contributed by atoms with E-state index in [1.54, 1.807) is 11.8 Å². The maximum atomic E-state index is 13.8. The average Bonchev–Trinajstić information content (AvgIpc) is 3.04. The molecule has 0 aliphatic carbocycles. The van der Waals surface area contributed by atoms with Gasteiger partial charge >= 0.3 is 0 Å². The van der Waals surface area contributed by atoms with Gasteiger partial charge in [0.05, 0.1) is 17.8 Å². The molecule has 5 nitrogen and oxygen atoms in total. The topological polar surface area (TPSA) is 52.7 Å². The Morgan fingerprint density at radius 3 is 2.53 bits per heavy atom. The molecule has 0 bridgehead atoms. The Hall–Kier alpha value is -3.09. The molecule has 198 valence electrons. The molecule has 1 atom stereocenters. The van der Waals surface area contributed by atoms with Gasteiger partial charge in [-0.05, 0) is 80.6 Å². The van der Waals surface area contributed by atoms with Crippen molar-refractivity contribution in [2.45, 2.75) is 49.9 Å². The van der Waals surface area contributed by atoms with Crippen LogP contribution in [0.5, 0.6) is 0 Å². The van der Waals surface area contributed by atoms with Gasteiger partial charge in [-0.1, -0.05) is 67.6 Å². The second kappa shape index (κ2) is 11.7. The Kier molecular flexibility index (Phi) is 8.20. The molecule has 38 heavy (non-hydrogen) atoms. The van der Waals surface area contributed by atoms with Crippen molar-refractivity contribution in [1.82, 2.24) is 10.2 Å². The third kappa shape index (κ3) is 6.13. The summed E-state index contributed by atoms with van der Waals surface area (Å²) in [6, 6.07) is 21.7. The zero-order valence-electron chi connectivity index (χ0n) is 22.6. The highest BCUT2D eigenvalue weighted by Crippen LogP contribution is 2.42. The first kappa shape index (κ1) is 26.5. The van der Waals surface area contributed by atoms with Crippen LogP contribution >= 0.6 is 11.8 Å². The van der Waals surface area contributed by atoms with Gasteiger partial charge in [0.25, 0.3) is 11.8 Å². The van der Waals surface area contributed by atoms with E-state index in [-0.39, 0.29) is 11.8 Å². The first-order valence-corrected chi connectivity index (χ1v) is 14.5. The third-order valence-electron chi connectivity index (χ3n) is 7.61. The van der Waals surface area contributed by atoms with E-state index in [0.717, 1.165) is 46.6 Å². The molecule has 2 amide bonds. The third-order valence-corrected chi connectivity index (χ3v) is 8.75. The van der Waals surface area contributed by atoms with Gasteiger partial charge in [0.1, 0.15) is 0 Å². The Morgan fingerprint density at radius 2 is 1.76 bits per heavy atom. The highest BCUT2D eigenvalue weighted by atomic mass is 32.2. The molecule has 5 rings (SSSR count). The van der Waals surface area contributed by atoms with Crippen molar-refractivity contribution in [1.29, 1.82) is 0 Å². The van der Waals surface area contributed by atoms with Crippen LogP contribution in [-0.2, 0) is 6.54 Å². The number of benzene rings is 3. The molecule has 2 heterocycles. The van der Waals surface area contributed by atoms with Crippen LogP contribution in [-0.4, -0.2) is 42.9 Å². The average molecular weight is 528 g/mol. The molecule has 0 radical (unpaired) electrons. The molecule has 0 saturated carbocycles. The molecule has 0 aromatic heterocycles. The number of anilines is 1. The fourth-order valence-corrected chi connectivity index (χ4v) is 6.27. The van der Waals surface area contributed by atoms with E-state index in [0.29, 0.717) is 30.1 Å². The number of rotatable bonds is 7. The highest BCUT2D eigenvalue weighted by molar-refractivity contribution is 7.99. The summed E-state index contributed by atoms with van der Waals surface area (Å²) in [5, 5.41) is 3.14. The lowest BCUT2D eigenvalue weighted by atomic mass is 9.98. The summed E-state index contributed by atoms with van der Waals surface area (Å²) in [7, 11) is 0. The summed E-state index contributed by atoms with van der Waals surface area (Å²) >= 11 is 1.58. The van der Waals surface area contributed by atoms with Crippen LogP contribution in [0.1, 0.15) is 58.5 Å². The Labute approximate surface area is 230 Å². The number of amides is 2. The summed E-state index contributed by atoms with van der Waals surface area (Å²) < 4.78 is 0. The quantitative estimate of drug-likeness (QED) is 0.386. The molecule has 1 unspecified atom stereocenters. The van der Waals surface area contributed by atoms with Gasteiger partial charge in [0.2, 0.25) is 0 Å². The number of nitrogens with one attached hydrogen (secondary N) is 1. The number of carbonyl (C=O) groups excluding carboxylic acids is 2. The van der Waals surface area contributed by atoms with Crippen LogP contribution < -0.4 is 10.2 Å². The zero-order valence-corrected chi connectivity index (χ0v) is 23.4. The van der Waals surface area contributed by atoms with Crippen LogP contribution in [0.15, 0.2) is 76.5 Å². The van der Waals surface area contributed by atoms with E-state index in [4.69, 9.17) is 0 Å². The van der Waals surface area contributed by atoms with Gasteiger partial charge in [-0.15, -0.1) is 0 Å². The summed E-state index contributed by atoms with van der Waals surface area (Å²) in [5.74, 6) is 1.05. The maximum absolute atomic E-state index is 13.8. The van der Waals surface area contributed by atoms with Crippen LogP contribution in [0, 0.1) is 18.8 Å². The van der Waals surface area contributed by atoms with Crippen molar-refractivity contribution in [3.05, 3.63) is 89.0 Å². The summed E-state index contributed by atoms with van der Waals surface area (Å²) in [6.45, 7) is 11.0. The van der Waals surface area contributed by atoms with Gasteiger partial charge in [0, 0.05) is 28.4 Å². The van der Waals surface area contributed by atoms with Crippen molar-refractivity contribution in [2.24, 2.45) is 11.8 Å². The summed E-state index contributed by atoms with van der Waals surface area (Å²) in [6.07, 6.45) is 2.52. The number of fused-ring (bicyclic) bond motifs is 2. The molecule has 1 fully saturated rings. The van der Waals surface area contributed by atoms with Crippen molar-refractivity contribution in [3.8, 4) is 0 Å². The van der Waals surface area contributed by atoms with Gasteiger partial charge < -0.3 is 15.1 Å². The van der Waals surface area contributed by atoms with Crippen molar-refractivity contribution in [3.63, 3.8) is 0 Å². The number of hydrogen-bond acceptors (Lipinski definition) is 4. The summed E-state index contributed by atoms with van der Waals surface area (Å²) in [5.41, 5.74) is 4.28. The lowest BCUT2D eigenvalue weighted by Crippen LogP contribution is -2.39. The minimum atomic E-state index is -0.0959. The number of carbonyl (C=O) groups is 2. The Bertz CT molecular complexity index is 1300. The highest BCUT2D eigenvalue weighted by Gasteiger charge is 2.28. The lowest BCUT2D eigenvalue weighted by molar-refractivity contribution is 0.0938. The SMILES string of the molecule is Cc1ccc(CN2C(=O)c3ccccc3Sc3ccc(C(=O)NCC(C)CN4CCC(C)CC4)cc32)cc1. The zero-order chi connectivity index (χ0) is 26.6. The van der Waals surface area contributed by atoms with Gasteiger partial charge in [-0.3, -0.25) is 9.59 Å². The van der Waals surface area contributed by atoms with E-state index in [9.17, 15) is 9.59 Å². The number of nitrogens with zero attached hydrogens (tertiary/aromatic N) is 2. The molecule has 6 heteroatoms. The molecule has 1 N–H and O–H groups in total. The van der Waals surface area contributed by atoms with Crippen LogP contribution in [0.3, 0.4) is 0 Å². The van der Waals surface area contributed by atoms with E-state index in [1.165, 1.54) is 18.4 Å². The van der Waals surface area contributed by atoms with E-state index >= 15 is 0 Å². The van der Waals surface area contributed by atoms with Gasteiger partial charge in [0.15, 0.2) is 0 Å². The molecular formula is C32H37N3O2S. The molecule has 3 aromatic carbocycles. The maximum Gasteiger partial charge on any atom is 0.259 e. The Morgan fingerprint density at radius 1 is 1.03 bits per heavy atom. The number of aryl methyl sites for hydroxylation is 1. The lowest BCUT2D eigenvalue weighted by Gasteiger charge is -2.32. The number of hydrogen-bond donors (Lipinski definition) is 1. The van der Waals surface area contributed by atoms with E-state index < -0.39 is 0 Å². The first-order chi connectivity index (χ1) is 18.4. The molecule has 1 saturated heterocycles. The van der Waals surface area contributed by atoms with Crippen molar-refractivity contribution in [2.75, 3.05) is 31.1 Å². The molecule has 2 aliphatic heterocycles. The van der Waals surface area contributed by atoms with E-state index in [2.05, 4.69) is 55.3 Å². The standard InChI is InChI=1S/C32H37N3O2S/c1-22-8-10-25(11-9-22)21-35-28-18-26(12-13-30(28)38-29-7-5-4-6-27(29)32(35)37)31(36)33-19-24(3)20-34-16-14-23(2)15-17-34/h4-13,18,23-24H,14-17,19-21H2,1-3H3,(H,33,36). The second-order valence-electron chi connectivity index (χ2n) is 11.0. The first-order valence-electron chi connectivity index (χ1n) is 13.7. The van der Waals surface area contributed by atoms with Crippen molar-refractivity contribution >= 4 is 29.3 Å². The van der Waals surface area contributed by atoms with Crippen LogP contribution in [0.2, 0.25) is 0 Å². The summed E-state index contributed by atoms with van der Waals surface area (Å²) in [4.78, 5) is 33.2. The molecule has 0 spiro atoms. The predicted octanol–water partition coefficient (Wildman–Crippen LogP) is 6.40. The van der Waals surface area contributed by atoms with Crippen molar-refractivity contribution < 1.29 is 9.59 Å². The molecule has 3 aromatic rings.